The van der Waals surface area contributed by atoms with Crippen molar-refractivity contribution in [3.8, 4) is 16.9 Å². The molecule has 0 aromatic heterocycles. The van der Waals surface area contributed by atoms with Gasteiger partial charge in [0.2, 0.25) is 0 Å². The zero-order chi connectivity index (χ0) is 24.9. The number of phenolic OH excluding ortho intramolecular Hbond substituents is 1. The molecule has 6 nitrogen and oxygen atoms in total. The number of halogens is 3. The molecule has 0 saturated carbocycles. The van der Waals surface area contributed by atoms with E-state index in [1.54, 1.807) is 46.8 Å². The number of esters is 1. The first-order valence-corrected chi connectivity index (χ1v) is 10.4. The number of rotatable bonds is 7. The molecule has 0 unspecified atom stereocenters. The van der Waals surface area contributed by atoms with Gasteiger partial charge in [0.15, 0.2) is 0 Å². The average molecular weight is 467 g/mol. The van der Waals surface area contributed by atoms with Crippen LogP contribution in [-0.2, 0) is 14.3 Å². The highest BCUT2D eigenvalue weighted by Gasteiger charge is 2.29. The summed E-state index contributed by atoms with van der Waals surface area (Å²) < 4.78 is 52.8. The van der Waals surface area contributed by atoms with Gasteiger partial charge < -0.3 is 19.9 Å². The molecule has 2 aromatic carbocycles. The number of aryl methyl sites for hydroxylation is 1. The summed E-state index contributed by atoms with van der Waals surface area (Å²) in [6.45, 7) is 8.12. The number of carbonyl (C=O) groups is 2. The van der Waals surface area contributed by atoms with E-state index in [-0.39, 0.29) is 29.0 Å². The number of aromatic hydroxyl groups is 1. The van der Waals surface area contributed by atoms with Crippen LogP contribution in [0.5, 0.6) is 5.75 Å². The van der Waals surface area contributed by atoms with E-state index in [4.69, 9.17) is 9.47 Å². The number of hydrogen-bond acceptors (Lipinski definition) is 5. The van der Waals surface area contributed by atoms with Gasteiger partial charge in [0.05, 0.1) is 24.6 Å². The minimum Gasteiger partial charge on any atom is -0.507 e. The van der Waals surface area contributed by atoms with Gasteiger partial charge >= 0.3 is 12.1 Å². The Morgan fingerprint density at radius 3 is 2.33 bits per heavy atom. The van der Waals surface area contributed by atoms with E-state index in [9.17, 15) is 23.5 Å². The quantitative estimate of drug-likeness (QED) is 0.491. The van der Waals surface area contributed by atoms with Crippen molar-refractivity contribution in [1.82, 2.24) is 5.32 Å². The Morgan fingerprint density at radius 2 is 1.79 bits per heavy atom. The smallest absolute Gasteiger partial charge is 0.408 e. The first-order chi connectivity index (χ1) is 15.3. The number of amides is 1. The van der Waals surface area contributed by atoms with Gasteiger partial charge in [0, 0.05) is 11.1 Å². The third kappa shape index (κ3) is 6.87. The third-order valence-corrected chi connectivity index (χ3v) is 4.65. The van der Waals surface area contributed by atoms with Crippen molar-refractivity contribution in [2.75, 3.05) is 6.61 Å². The summed E-state index contributed by atoms with van der Waals surface area (Å²) in [6, 6.07) is 5.44. The zero-order valence-corrected chi connectivity index (χ0v) is 19.2. The number of alkyl halides is 2. The Bertz CT molecular complexity index is 998. The predicted molar refractivity (Wildman–Crippen MR) is 117 cm³/mol. The van der Waals surface area contributed by atoms with Crippen LogP contribution in [0.25, 0.3) is 11.1 Å². The second-order valence-corrected chi connectivity index (χ2v) is 8.45. The van der Waals surface area contributed by atoms with E-state index < -0.39 is 47.9 Å². The number of carbonyl (C=O) groups excluding carboxylic acids is 2. The van der Waals surface area contributed by atoms with Crippen LogP contribution in [0.15, 0.2) is 30.3 Å². The van der Waals surface area contributed by atoms with Gasteiger partial charge in [0.1, 0.15) is 17.2 Å². The fourth-order valence-electron chi connectivity index (χ4n) is 3.33. The summed E-state index contributed by atoms with van der Waals surface area (Å²) in [6.07, 6.45) is -4.66. The van der Waals surface area contributed by atoms with Crippen LogP contribution in [-0.4, -0.2) is 29.4 Å². The van der Waals surface area contributed by atoms with E-state index in [1.807, 2.05) is 0 Å². The van der Waals surface area contributed by atoms with Crippen molar-refractivity contribution >= 4 is 12.1 Å². The molecule has 2 N–H and O–H groups in total. The number of alkyl carbamates (subject to hydrolysis) is 1. The molecule has 0 aliphatic heterocycles. The van der Waals surface area contributed by atoms with Crippen molar-refractivity contribution in [2.24, 2.45) is 0 Å². The molecule has 1 amide bonds. The van der Waals surface area contributed by atoms with Gasteiger partial charge in [-0.2, -0.15) is 0 Å². The molecule has 2 aromatic rings. The maximum Gasteiger partial charge on any atom is 0.408 e. The van der Waals surface area contributed by atoms with Crippen LogP contribution in [0.1, 0.15) is 63.3 Å². The van der Waals surface area contributed by atoms with Crippen LogP contribution in [0, 0.1) is 12.7 Å². The zero-order valence-electron chi connectivity index (χ0n) is 19.2. The number of hydrogen-bond donors (Lipinski definition) is 2. The Morgan fingerprint density at radius 1 is 1.15 bits per heavy atom. The lowest BCUT2D eigenvalue weighted by molar-refractivity contribution is -0.143. The normalized spacial score (nSPS) is 12.4. The standard InChI is InChI=1S/C24H28F3NO5/c1-6-32-19(30)12-17(28-23(31)33-24(3,4)5)15-10-14(11-16(21(15)25)22(26)27)20-13(2)8-7-9-18(20)29/h7-11,17,22,29H,6,12H2,1-5H3,(H,28,31)/t17-/m0/s1. The highest BCUT2D eigenvalue weighted by Crippen LogP contribution is 2.38. The second-order valence-electron chi connectivity index (χ2n) is 8.45. The van der Waals surface area contributed by atoms with Gasteiger partial charge in [-0.1, -0.05) is 12.1 Å². The highest BCUT2D eigenvalue weighted by molar-refractivity contribution is 5.77. The molecule has 180 valence electrons. The van der Waals surface area contributed by atoms with Crippen LogP contribution in [0.4, 0.5) is 18.0 Å². The Hall–Kier alpha value is -3.23. The molecule has 0 radical (unpaired) electrons. The topological polar surface area (TPSA) is 84.9 Å². The molecule has 0 spiro atoms. The van der Waals surface area contributed by atoms with E-state index in [2.05, 4.69) is 5.32 Å². The highest BCUT2D eigenvalue weighted by atomic mass is 19.3. The van der Waals surface area contributed by atoms with Crippen molar-refractivity contribution in [3.05, 3.63) is 52.8 Å². The lowest BCUT2D eigenvalue weighted by atomic mass is 9.92. The summed E-state index contributed by atoms with van der Waals surface area (Å²) in [4.78, 5) is 24.5. The van der Waals surface area contributed by atoms with Gasteiger partial charge in [-0.25, -0.2) is 18.0 Å². The van der Waals surface area contributed by atoms with Gasteiger partial charge in [-0.3, -0.25) is 4.79 Å². The summed E-state index contributed by atoms with van der Waals surface area (Å²) >= 11 is 0. The fourth-order valence-corrected chi connectivity index (χ4v) is 3.33. The summed E-state index contributed by atoms with van der Waals surface area (Å²) in [5.41, 5.74) is -1.27. The van der Waals surface area contributed by atoms with Gasteiger partial charge in [-0.05, 0) is 63.9 Å². The molecule has 1 atom stereocenters. The summed E-state index contributed by atoms with van der Waals surface area (Å²) in [5, 5.41) is 12.7. The molecular weight excluding hydrogens is 439 g/mol. The van der Waals surface area contributed by atoms with Crippen molar-refractivity contribution in [1.29, 1.82) is 0 Å². The minimum absolute atomic E-state index is 0.0415. The van der Waals surface area contributed by atoms with E-state index >= 15 is 4.39 Å². The maximum atomic E-state index is 15.2. The number of nitrogens with one attached hydrogen (secondary N) is 1. The predicted octanol–water partition coefficient (Wildman–Crippen LogP) is 5.96. The summed E-state index contributed by atoms with van der Waals surface area (Å²) in [5.74, 6) is -2.22. The van der Waals surface area contributed by atoms with E-state index in [0.29, 0.717) is 5.56 Å². The van der Waals surface area contributed by atoms with Crippen LogP contribution >= 0.6 is 0 Å². The third-order valence-electron chi connectivity index (χ3n) is 4.65. The van der Waals surface area contributed by atoms with Gasteiger partial charge in [0.25, 0.3) is 6.43 Å². The largest absolute Gasteiger partial charge is 0.507 e. The maximum absolute atomic E-state index is 15.2. The van der Waals surface area contributed by atoms with E-state index in [0.717, 1.165) is 6.07 Å². The summed E-state index contributed by atoms with van der Waals surface area (Å²) in [7, 11) is 0. The first-order valence-electron chi connectivity index (χ1n) is 10.4. The Balaban J connectivity index is 2.65. The minimum atomic E-state index is -3.18. The first kappa shape index (κ1) is 26.0. The number of ether oxygens (including phenoxy) is 2. The molecule has 0 bridgehead atoms. The molecule has 0 fully saturated rings. The molecule has 33 heavy (non-hydrogen) atoms. The van der Waals surface area contributed by atoms with Crippen molar-refractivity contribution < 1.29 is 37.3 Å². The fraction of sp³-hybridized carbons (Fsp3) is 0.417. The average Bonchev–Trinajstić information content (AvgIpc) is 2.66. The second kappa shape index (κ2) is 10.6. The van der Waals surface area contributed by atoms with Crippen LogP contribution in [0.2, 0.25) is 0 Å². The van der Waals surface area contributed by atoms with Gasteiger partial charge in [-0.15, -0.1) is 0 Å². The van der Waals surface area contributed by atoms with Crippen LogP contribution in [0.3, 0.4) is 0 Å². The molecule has 9 heteroatoms. The monoisotopic (exact) mass is 467 g/mol. The SMILES string of the molecule is CCOC(=O)C[C@H](NC(=O)OC(C)(C)C)c1cc(-c2c(C)cccc2O)cc(C(F)F)c1F. The van der Waals surface area contributed by atoms with Crippen molar-refractivity contribution in [3.63, 3.8) is 0 Å². The van der Waals surface area contributed by atoms with Crippen molar-refractivity contribution in [2.45, 2.75) is 59.1 Å². The molecule has 0 aliphatic rings. The number of benzene rings is 2. The lowest BCUT2D eigenvalue weighted by Gasteiger charge is -2.25. The molecule has 0 aliphatic carbocycles. The molecular formula is C24H28F3NO5. The van der Waals surface area contributed by atoms with E-state index in [1.165, 1.54) is 12.1 Å². The number of phenols is 1. The molecule has 0 saturated heterocycles. The molecule has 2 rings (SSSR count). The Kier molecular flexibility index (Phi) is 8.35. The van der Waals surface area contributed by atoms with Crippen LogP contribution < -0.4 is 5.32 Å². The molecule has 0 heterocycles. The Labute approximate surface area is 190 Å². The lowest BCUT2D eigenvalue weighted by Crippen LogP contribution is -2.36.